The predicted octanol–water partition coefficient (Wildman–Crippen LogP) is 2.40. The molecule has 0 spiro atoms. The van der Waals surface area contributed by atoms with Crippen molar-refractivity contribution in [2.24, 2.45) is 0 Å². The molecule has 1 aromatic carbocycles. The number of hydrogen-bond donors (Lipinski definition) is 2. The van der Waals surface area contributed by atoms with Crippen LogP contribution in [0.3, 0.4) is 0 Å². The minimum atomic E-state index is -4.37. The first-order valence-electron chi connectivity index (χ1n) is 7.35. The molecule has 2 rings (SSSR count). The Kier molecular flexibility index (Phi) is 8.35. The molecule has 0 bridgehead atoms. The fourth-order valence-electron chi connectivity index (χ4n) is 2.48. The van der Waals surface area contributed by atoms with Crippen molar-refractivity contribution in [2.75, 3.05) is 39.0 Å². The number of carbonyl (C=O) groups excluding carboxylic acids is 1. The Morgan fingerprint density at radius 2 is 1.88 bits per heavy atom. The third kappa shape index (κ3) is 5.84. The molecule has 136 valence electrons. The fraction of sp³-hybridized carbons (Fsp3) is 0.533. The standard InChI is InChI=1S/C15H20F3N3OS.ClH/c1-23-12-4-2-11(3-5-12)14(22)20-10-13(15(16,17)18)21-8-6-19-7-9-21;/h2-5,13,19H,6-10H2,1H3,(H,20,22);1H. The summed E-state index contributed by atoms with van der Waals surface area (Å²) in [6.45, 7) is 1.25. The first-order valence-corrected chi connectivity index (χ1v) is 8.58. The Morgan fingerprint density at radius 1 is 1.29 bits per heavy atom. The van der Waals surface area contributed by atoms with E-state index in [-0.39, 0.29) is 12.4 Å². The van der Waals surface area contributed by atoms with Crippen LogP contribution in [0.25, 0.3) is 0 Å². The maximum absolute atomic E-state index is 13.2. The van der Waals surface area contributed by atoms with Crippen molar-refractivity contribution in [2.45, 2.75) is 17.1 Å². The average Bonchev–Trinajstić information content (AvgIpc) is 2.54. The fourth-order valence-corrected chi connectivity index (χ4v) is 2.89. The van der Waals surface area contributed by atoms with Crippen molar-refractivity contribution in [3.8, 4) is 0 Å². The summed E-state index contributed by atoms with van der Waals surface area (Å²) < 4.78 is 39.7. The molecule has 0 saturated carbocycles. The summed E-state index contributed by atoms with van der Waals surface area (Å²) in [6, 6.07) is 5.14. The number of amides is 1. The Bertz CT molecular complexity index is 522. The number of rotatable bonds is 5. The number of carbonyl (C=O) groups is 1. The molecular formula is C15H21ClF3N3OS. The van der Waals surface area contributed by atoms with E-state index in [9.17, 15) is 18.0 Å². The van der Waals surface area contributed by atoms with Crippen LogP contribution in [0, 0.1) is 0 Å². The van der Waals surface area contributed by atoms with E-state index in [0.29, 0.717) is 31.7 Å². The topological polar surface area (TPSA) is 44.4 Å². The Balaban J connectivity index is 0.00000288. The lowest BCUT2D eigenvalue weighted by Crippen LogP contribution is -2.57. The SMILES string of the molecule is CSc1ccc(C(=O)NCC(N2CCNCC2)C(F)(F)F)cc1.Cl. The minimum absolute atomic E-state index is 0. The van der Waals surface area contributed by atoms with Crippen LogP contribution in [0.15, 0.2) is 29.2 Å². The summed E-state index contributed by atoms with van der Waals surface area (Å²) in [7, 11) is 0. The monoisotopic (exact) mass is 383 g/mol. The van der Waals surface area contributed by atoms with Crippen LogP contribution >= 0.6 is 24.2 Å². The van der Waals surface area contributed by atoms with Gasteiger partial charge < -0.3 is 10.6 Å². The van der Waals surface area contributed by atoms with Gasteiger partial charge in [-0.2, -0.15) is 13.2 Å². The summed E-state index contributed by atoms with van der Waals surface area (Å²) in [5, 5.41) is 5.44. The van der Waals surface area contributed by atoms with Gasteiger partial charge in [0.2, 0.25) is 0 Å². The zero-order valence-corrected chi connectivity index (χ0v) is 14.9. The van der Waals surface area contributed by atoms with Crippen LogP contribution in [0.2, 0.25) is 0 Å². The van der Waals surface area contributed by atoms with Gasteiger partial charge in [0.05, 0.1) is 0 Å². The van der Waals surface area contributed by atoms with Crippen LogP contribution in [0.4, 0.5) is 13.2 Å². The molecule has 1 unspecified atom stereocenters. The molecule has 1 heterocycles. The lowest BCUT2D eigenvalue weighted by molar-refractivity contribution is -0.183. The van der Waals surface area contributed by atoms with E-state index < -0.39 is 24.7 Å². The first kappa shape index (κ1) is 21.1. The summed E-state index contributed by atoms with van der Waals surface area (Å²) in [5.41, 5.74) is 0.365. The van der Waals surface area contributed by atoms with Crippen LogP contribution < -0.4 is 10.6 Å². The third-order valence-corrected chi connectivity index (χ3v) is 4.52. The molecule has 1 atom stereocenters. The predicted molar refractivity (Wildman–Crippen MR) is 92.1 cm³/mol. The van der Waals surface area contributed by atoms with Gasteiger partial charge in [-0.25, -0.2) is 0 Å². The Morgan fingerprint density at radius 3 is 2.38 bits per heavy atom. The molecule has 0 aliphatic carbocycles. The average molecular weight is 384 g/mol. The lowest BCUT2D eigenvalue weighted by atomic mass is 10.1. The molecule has 1 amide bonds. The van der Waals surface area contributed by atoms with Crippen molar-refractivity contribution in [3.05, 3.63) is 29.8 Å². The highest BCUT2D eigenvalue weighted by Gasteiger charge is 2.43. The number of piperazine rings is 1. The first-order chi connectivity index (χ1) is 10.9. The number of nitrogens with zero attached hydrogens (tertiary/aromatic N) is 1. The number of hydrogen-bond acceptors (Lipinski definition) is 4. The zero-order valence-electron chi connectivity index (χ0n) is 13.2. The van der Waals surface area contributed by atoms with Crippen LogP contribution in [-0.4, -0.2) is 62.0 Å². The number of alkyl halides is 3. The van der Waals surface area contributed by atoms with Gasteiger partial charge in [0.15, 0.2) is 0 Å². The molecule has 2 N–H and O–H groups in total. The molecule has 1 aliphatic heterocycles. The summed E-state index contributed by atoms with van der Waals surface area (Å²) >= 11 is 1.54. The maximum Gasteiger partial charge on any atom is 0.405 e. The lowest BCUT2D eigenvalue weighted by Gasteiger charge is -2.35. The third-order valence-electron chi connectivity index (χ3n) is 3.78. The Labute approximate surface area is 150 Å². The van der Waals surface area contributed by atoms with E-state index >= 15 is 0 Å². The van der Waals surface area contributed by atoms with E-state index in [4.69, 9.17) is 0 Å². The maximum atomic E-state index is 13.2. The molecule has 1 aromatic rings. The van der Waals surface area contributed by atoms with Gasteiger partial charge in [0.1, 0.15) is 6.04 Å². The molecule has 1 fully saturated rings. The summed E-state index contributed by atoms with van der Waals surface area (Å²) in [4.78, 5) is 14.4. The molecular weight excluding hydrogens is 363 g/mol. The van der Waals surface area contributed by atoms with Crippen molar-refractivity contribution in [1.29, 1.82) is 0 Å². The summed E-state index contributed by atoms with van der Waals surface area (Å²) in [6.07, 6.45) is -2.45. The Hall–Kier alpha value is -0.960. The number of nitrogens with one attached hydrogen (secondary N) is 2. The molecule has 1 saturated heterocycles. The quantitative estimate of drug-likeness (QED) is 0.766. The molecule has 0 radical (unpaired) electrons. The van der Waals surface area contributed by atoms with Crippen LogP contribution in [0.1, 0.15) is 10.4 Å². The number of thioether (sulfide) groups is 1. The van der Waals surface area contributed by atoms with E-state index in [1.165, 1.54) is 16.7 Å². The highest BCUT2D eigenvalue weighted by Crippen LogP contribution is 2.25. The van der Waals surface area contributed by atoms with Gasteiger partial charge >= 0.3 is 6.18 Å². The van der Waals surface area contributed by atoms with Gasteiger partial charge in [0.25, 0.3) is 5.91 Å². The zero-order chi connectivity index (χ0) is 16.9. The highest BCUT2D eigenvalue weighted by atomic mass is 35.5. The van der Waals surface area contributed by atoms with Crippen molar-refractivity contribution >= 4 is 30.1 Å². The number of benzene rings is 1. The largest absolute Gasteiger partial charge is 0.405 e. The second-order valence-corrected chi connectivity index (χ2v) is 6.16. The molecule has 9 heteroatoms. The van der Waals surface area contributed by atoms with E-state index in [0.717, 1.165) is 4.90 Å². The number of halogens is 4. The molecule has 4 nitrogen and oxygen atoms in total. The second kappa shape index (κ2) is 9.50. The smallest absolute Gasteiger partial charge is 0.350 e. The van der Waals surface area contributed by atoms with E-state index in [1.807, 2.05) is 6.26 Å². The van der Waals surface area contributed by atoms with Gasteiger partial charge in [-0.05, 0) is 30.5 Å². The van der Waals surface area contributed by atoms with Crippen LogP contribution in [0.5, 0.6) is 0 Å². The second-order valence-electron chi connectivity index (χ2n) is 5.28. The van der Waals surface area contributed by atoms with Gasteiger partial charge in [-0.3, -0.25) is 9.69 Å². The van der Waals surface area contributed by atoms with Crippen molar-refractivity contribution in [1.82, 2.24) is 15.5 Å². The highest BCUT2D eigenvalue weighted by molar-refractivity contribution is 7.98. The van der Waals surface area contributed by atoms with Gasteiger partial charge in [-0.1, -0.05) is 0 Å². The van der Waals surface area contributed by atoms with Crippen molar-refractivity contribution in [3.63, 3.8) is 0 Å². The van der Waals surface area contributed by atoms with Gasteiger partial charge in [0, 0.05) is 43.2 Å². The summed E-state index contributed by atoms with van der Waals surface area (Å²) in [5.74, 6) is -0.484. The molecule has 1 aliphatic rings. The van der Waals surface area contributed by atoms with E-state index in [1.54, 1.807) is 24.3 Å². The molecule has 0 aromatic heterocycles. The minimum Gasteiger partial charge on any atom is -0.350 e. The van der Waals surface area contributed by atoms with Crippen LogP contribution in [-0.2, 0) is 0 Å². The van der Waals surface area contributed by atoms with E-state index in [2.05, 4.69) is 10.6 Å². The van der Waals surface area contributed by atoms with Crippen molar-refractivity contribution < 1.29 is 18.0 Å². The molecule has 24 heavy (non-hydrogen) atoms. The normalized spacial score (nSPS) is 17.0. The van der Waals surface area contributed by atoms with Gasteiger partial charge in [-0.15, -0.1) is 24.2 Å².